The monoisotopic (exact) mass is 645 g/mol. The molecule has 0 fully saturated rings. The van der Waals surface area contributed by atoms with Crippen molar-refractivity contribution >= 4 is 19.0 Å². The Balaban J connectivity index is 1.30. The van der Waals surface area contributed by atoms with E-state index < -0.39 is 8.07 Å². The minimum Gasteiger partial charge on any atom is -0.376 e. The van der Waals surface area contributed by atoms with Crippen molar-refractivity contribution in [3.8, 4) is 28.1 Å². The van der Waals surface area contributed by atoms with Gasteiger partial charge in [0.25, 0.3) is 0 Å². The van der Waals surface area contributed by atoms with Crippen LogP contribution in [-0.4, -0.2) is 24.8 Å². The summed E-state index contributed by atoms with van der Waals surface area (Å²) >= 11 is 0. The highest BCUT2D eigenvalue weighted by Crippen LogP contribution is 2.61. The molecule has 1 heterocycles. The Morgan fingerprint density at radius 2 is 1.12 bits per heavy atom. The summed E-state index contributed by atoms with van der Waals surface area (Å²) in [6.07, 6.45) is 4.85. The summed E-state index contributed by atoms with van der Waals surface area (Å²) in [7, 11) is -2.24. The molecule has 0 saturated carbocycles. The first-order chi connectivity index (χ1) is 23.4. The van der Waals surface area contributed by atoms with Crippen molar-refractivity contribution < 1.29 is 4.74 Å². The first-order valence-electron chi connectivity index (χ1n) is 18.0. The highest BCUT2D eigenvalue weighted by molar-refractivity contribution is 6.83. The first kappa shape index (κ1) is 31.1. The van der Waals surface area contributed by atoms with Gasteiger partial charge in [-0.25, -0.2) is 0 Å². The molecule has 2 nitrogen and oxygen atoms in total. The van der Waals surface area contributed by atoms with Gasteiger partial charge in [0, 0.05) is 34.3 Å². The molecule has 1 aromatic heterocycles. The van der Waals surface area contributed by atoms with Gasteiger partial charge in [-0.2, -0.15) is 0 Å². The highest BCUT2D eigenvalue weighted by atomic mass is 28.3. The van der Waals surface area contributed by atoms with Crippen LogP contribution in [0.1, 0.15) is 79.8 Å². The summed E-state index contributed by atoms with van der Waals surface area (Å²) in [5, 5.41) is 1.41. The topological polar surface area (TPSA) is 14.2 Å². The number of nitrogens with zero attached hydrogens (tertiary/aromatic N) is 1. The number of fused-ring (bicyclic) bond motifs is 8. The summed E-state index contributed by atoms with van der Waals surface area (Å²) < 4.78 is 8.64. The minimum absolute atomic E-state index is 0.0682. The lowest BCUT2D eigenvalue weighted by atomic mass is 10.1. The Hall–Kier alpha value is -4.18. The van der Waals surface area contributed by atoms with E-state index in [1.807, 2.05) is 0 Å². The molecule has 2 aliphatic rings. The molecule has 6 aromatic rings. The Morgan fingerprint density at radius 3 is 1.79 bits per heavy atom. The quantitative estimate of drug-likeness (QED) is 0.107. The Kier molecular flexibility index (Phi) is 8.01. The van der Waals surface area contributed by atoms with Gasteiger partial charge in [0.1, 0.15) is 0 Å². The SMILES string of the molecule is CC(C)(C)OCCCCCC[Si](C)(C1c2ccccc2-c2ccccc21)C1c2ccccc2-c2c1c1ccccc1n2-c1ccccc1. The van der Waals surface area contributed by atoms with Crippen LogP contribution in [0.25, 0.3) is 39.0 Å². The second-order valence-electron chi connectivity index (χ2n) is 15.2. The fourth-order valence-corrected chi connectivity index (χ4v) is 14.9. The second kappa shape index (κ2) is 12.4. The number of aromatic nitrogens is 1. The lowest BCUT2D eigenvalue weighted by Crippen LogP contribution is -2.45. The van der Waals surface area contributed by atoms with Gasteiger partial charge < -0.3 is 9.30 Å². The van der Waals surface area contributed by atoms with Crippen LogP contribution in [0.5, 0.6) is 0 Å². The summed E-state index contributed by atoms with van der Waals surface area (Å²) in [5.41, 5.74) is 15.2. The van der Waals surface area contributed by atoms with Crippen molar-refractivity contribution in [1.29, 1.82) is 0 Å². The van der Waals surface area contributed by atoms with Crippen LogP contribution in [0.2, 0.25) is 12.6 Å². The van der Waals surface area contributed by atoms with Crippen LogP contribution < -0.4 is 0 Å². The maximum Gasteiger partial charge on any atom is 0.0762 e. The lowest BCUT2D eigenvalue weighted by molar-refractivity contribution is -0.00471. The molecule has 3 heteroatoms. The van der Waals surface area contributed by atoms with Gasteiger partial charge in [0.15, 0.2) is 0 Å². The fourth-order valence-electron chi connectivity index (χ4n) is 9.13. The zero-order chi connectivity index (χ0) is 32.9. The molecule has 48 heavy (non-hydrogen) atoms. The molecule has 242 valence electrons. The number of para-hydroxylation sites is 2. The van der Waals surface area contributed by atoms with Gasteiger partial charge in [-0.15, -0.1) is 0 Å². The van der Waals surface area contributed by atoms with Crippen molar-refractivity contribution in [2.45, 2.75) is 75.7 Å². The van der Waals surface area contributed by atoms with Crippen molar-refractivity contribution in [1.82, 2.24) is 4.57 Å². The van der Waals surface area contributed by atoms with E-state index in [9.17, 15) is 0 Å². The molecule has 0 radical (unpaired) electrons. The lowest BCUT2D eigenvalue weighted by Gasteiger charge is -2.41. The van der Waals surface area contributed by atoms with Crippen molar-refractivity contribution in [3.63, 3.8) is 0 Å². The van der Waals surface area contributed by atoms with Gasteiger partial charge in [0.2, 0.25) is 0 Å². The van der Waals surface area contributed by atoms with E-state index in [0.29, 0.717) is 11.1 Å². The van der Waals surface area contributed by atoms with Crippen LogP contribution in [0, 0.1) is 0 Å². The van der Waals surface area contributed by atoms with Gasteiger partial charge in [-0.05, 0) is 78.8 Å². The van der Waals surface area contributed by atoms with E-state index in [1.54, 1.807) is 16.7 Å². The van der Waals surface area contributed by atoms with Crippen molar-refractivity contribution in [3.05, 3.63) is 150 Å². The third-order valence-corrected chi connectivity index (χ3v) is 16.3. The van der Waals surface area contributed by atoms with E-state index in [2.05, 4.69) is 159 Å². The summed E-state index contributed by atoms with van der Waals surface area (Å²) in [4.78, 5) is 0. The number of benzene rings is 5. The largest absolute Gasteiger partial charge is 0.376 e. The van der Waals surface area contributed by atoms with E-state index in [4.69, 9.17) is 4.74 Å². The summed E-state index contributed by atoms with van der Waals surface area (Å²) in [6.45, 7) is 10.1. The molecule has 5 aromatic carbocycles. The maximum absolute atomic E-state index is 6.08. The molecule has 0 N–H and O–H groups in total. The Morgan fingerprint density at radius 1 is 0.583 bits per heavy atom. The number of unbranched alkanes of at least 4 members (excludes halogenated alkanes) is 3. The minimum atomic E-state index is -2.24. The predicted molar refractivity (Wildman–Crippen MR) is 205 cm³/mol. The molecule has 2 unspecified atom stereocenters. The van der Waals surface area contributed by atoms with E-state index in [-0.39, 0.29) is 5.60 Å². The Labute approximate surface area is 287 Å². The highest BCUT2D eigenvalue weighted by Gasteiger charge is 2.53. The molecule has 0 aliphatic heterocycles. The molecular weight excluding hydrogens is 599 g/mol. The van der Waals surface area contributed by atoms with Crippen LogP contribution >= 0.6 is 0 Å². The van der Waals surface area contributed by atoms with Gasteiger partial charge in [-0.1, -0.05) is 141 Å². The number of ether oxygens (including phenoxy) is 1. The normalized spacial score (nSPS) is 16.4. The molecule has 2 aliphatic carbocycles. The molecule has 0 amide bonds. The average Bonchev–Trinajstić information content (AvgIpc) is 3.74. The molecule has 2 atom stereocenters. The standard InChI is InChI=1S/C45H47NOSi/c1-45(2,3)47-30-18-5-6-19-31-48(4,43-36-25-13-10-22-33(36)34-23-11-14-26-37(34)43)44-38-27-15-12-24-35(38)42-41(44)39-28-16-17-29-40(39)46(42)32-20-8-7-9-21-32/h7-17,20-29,43-44H,5-6,18-19,30-31H2,1-4H3. The van der Waals surface area contributed by atoms with Crippen molar-refractivity contribution in [2.75, 3.05) is 6.61 Å². The Bertz CT molecular complexity index is 2040. The number of hydrogen-bond acceptors (Lipinski definition) is 1. The van der Waals surface area contributed by atoms with Crippen molar-refractivity contribution in [2.24, 2.45) is 0 Å². The van der Waals surface area contributed by atoms with Crippen LogP contribution in [-0.2, 0) is 4.74 Å². The van der Waals surface area contributed by atoms with Crippen LogP contribution in [0.3, 0.4) is 0 Å². The molecule has 0 bridgehead atoms. The molecule has 8 rings (SSSR count). The smallest absolute Gasteiger partial charge is 0.0762 e. The third-order valence-electron chi connectivity index (χ3n) is 11.0. The summed E-state index contributed by atoms with van der Waals surface area (Å²) in [5.74, 6) is 0. The maximum atomic E-state index is 6.08. The summed E-state index contributed by atoms with van der Waals surface area (Å²) in [6, 6.07) is 49.5. The van der Waals surface area contributed by atoms with Gasteiger partial charge >= 0.3 is 0 Å². The van der Waals surface area contributed by atoms with E-state index in [1.165, 1.54) is 69.8 Å². The first-order valence-corrected chi connectivity index (χ1v) is 20.8. The fraction of sp³-hybridized carbons (Fsp3) is 0.289. The van der Waals surface area contributed by atoms with E-state index in [0.717, 1.165) is 13.0 Å². The number of rotatable bonds is 10. The second-order valence-corrected chi connectivity index (χ2v) is 19.9. The van der Waals surface area contributed by atoms with E-state index >= 15 is 0 Å². The molecule has 0 saturated heterocycles. The zero-order valence-corrected chi connectivity index (χ0v) is 29.9. The van der Waals surface area contributed by atoms with Gasteiger partial charge in [0.05, 0.1) is 24.9 Å². The van der Waals surface area contributed by atoms with Crippen LogP contribution in [0.4, 0.5) is 0 Å². The zero-order valence-electron chi connectivity index (χ0n) is 28.9. The molecular formula is C45H47NOSi. The molecule has 0 spiro atoms. The predicted octanol–water partition coefficient (Wildman–Crippen LogP) is 12.1. The number of hydrogen-bond donors (Lipinski definition) is 0. The third kappa shape index (κ3) is 5.19. The average molecular weight is 646 g/mol. The van der Waals surface area contributed by atoms with Crippen LogP contribution in [0.15, 0.2) is 127 Å². The van der Waals surface area contributed by atoms with Gasteiger partial charge in [-0.3, -0.25) is 0 Å².